The molecule has 0 radical (unpaired) electrons. The molecule has 0 unspecified atom stereocenters. The van der Waals surface area contributed by atoms with Gasteiger partial charge in [-0.2, -0.15) is 10.2 Å². The van der Waals surface area contributed by atoms with Gasteiger partial charge in [-0.25, -0.2) is 0 Å². The highest BCUT2D eigenvalue weighted by atomic mass is 32.3. The maximum absolute atomic E-state index is 5.95. The van der Waals surface area contributed by atoms with Crippen LogP contribution in [0.1, 0.15) is 0 Å². The highest BCUT2D eigenvalue weighted by Crippen LogP contribution is 2.40. The molecule has 1 aromatic rings. The van der Waals surface area contributed by atoms with E-state index in [1.54, 1.807) is 0 Å². The number of hydrogen-bond donors (Lipinski definition) is 2. The van der Waals surface area contributed by atoms with Crippen LogP contribution in [-0.4, -0.2) is 12.5 Å². The molecule has 62 valence electrons. The fourth-order valence-electron chi connectivity index (χ4n) is 0.819. The van der Waals surface area contributed by atoms with Crippen molar-refractivity contribution in [1.82, 2.24) is 0 Å². The normalized spacial score (nSPS) is 13.0. The highest BCUT2D eigenvalue weighted by Gasteiger charge is 2.06. The van der Waals surface area contributed by atoms with Gasteiger partial charge in [-0.15, -0.1) is 0 Å². The molecule has 0 saturated heterocycles. The monoisotopic (exact) mass is 170 g/mol. The van der Waals surface area contributed by atoms with Gasteiger partial charge >= 0.3 is 0 Å². The molecule has 4 N–H and O–H groups in total. The van der Waals surface area contributed by atoms with Crippen molar-refractivity contribution in [2.24, 2.45) is 5.14 Å². The van der Waals surface area contributed by atoms with E-state index >= 15 is 0 Å². The fourth-order valence-corrected chi connectivity index (χ4v) is 1.66. The molecule has 0 amide bonds. The Bertz CT molecular complexity index is 235. The van der Waals surface area contributed by atoms with Crippen LogP contribution in [-0.2, 0) is 0 Å². The third kappa shape index (κ3) is 2.13. The average molecular weight is 170 g/mol. The molecule has 0 aromatic heterocycles. The SMILES string of the molecule is CS(C)(N)c1ccc(N)cc1. The van der Waals surface area contributed by atoms with Gasteiger partial charge in [-0.1, -0.05) is 0 Å². The number of benzene rings is 1. The Morgan fingerprint density at radius 2 is 1.55 bits per heavy atom. The first-order valence-corrected chi connectivity index (χ1v) is 5.88. The zero-order chi connectivity index (χ0) is 8.48. The lowest BCUT2D eigenvalue weighted by molar-refractivity contribution is 1.42. The number of nitrogen functional groups attached to an aromatic ring is 1. The third-order valence-electron chi connectivity index (χ3n) is 1.49. The molecule has 0 heterocycles. The predicted molar refractivity (Wildman–Crippen MR) is 52.7 cm³/mol. The molecule has 1 rings (SSSR count). The summed E-state index contributed by atoms with van der Waals surface area (Å²) in [4.78, 5) is 1.19. The van der Waals surface area contributed by atoms with E-state index in [9.17, 15) is 0 Å². The van der Waals surface area contributed by atoms with E-state index in [1.165, 1.54) is 4.90 Å². The number of rotatable bonds is 1. The standard InChI is InChI=1S/C8H14N2S/c1-11(2,10)8-5-3-7(9)4-6-8/h3-6H,9-10H2,1-2H3. The van der Waals surface area contributed by atoms with Gasteiger partial charge in [0.25, 0.3) is 0 Å². The molecule has 0 fully saturated rings. The van der Waals surface area contributed by atoms with Crippen molar-refractivity contribution in [2.45, 2.75) is 4.90 Å². The number of anilines is 1. The zero-order valence-electron chi connectivity index (χ0n) is 6.87. The summed E-state index contributed by atoms with van der Waals surface area (Å²) >= 11 is 0. The summed E-state index contributed by atoms with van der Waals surface area (Å²) in [5.41, 5.74) is 6.33. The first-order valence-electron chi connectivity index (χ1n) is 3.37. The molecule has 0 saturated carbocycles. The van der Waals surface area contributed by atoms with Gasteiger partial charge in [0.15, 0.2) is 0 Å². The van der Waals surface area contributed by atoms with Crippen LogP contribution < -0.4 is 10.9 Å². The van der Waals surface area contributed by atoms with E-state index in [1.807, 2.05) is 24.3 Å². The van der Waals surface area contributed by atoms with E-state index in [0.717, 1.165) is 5.69 Å². The molecule has 11 heavy (non-hydrogen) atoms. The lowest BCUT2D eigenvalue weighted by Gasteiger charge is -2.25. The minimum Gasteiger partial charge on any atom is -0.399 e. The maximum atomic E-state index is 5.95. The van der Waals surface area contributed by atoms with Gasteiger partial charge < -0.3 is 5.73 Å². The first-order chi connectivity index (χ1) is 5.00. The van der Waals surface area contributed by atoms with Gasteiger partial charge in [0.2, 0.25) is 0 Å². The molecule has 0 aliphatic rings. The van der Waals surface area contributed by atoms with E-state index in [4.69, 9.17) is 10.9 Å². The number of nitrogens with two attached hydrogens (primary N) is 2. The summed E-state index contributed by atoms with van der Waals surface area (Å²) in [6.45, 7) is 0. The van der Waals surface area contributed by atoms with Crippen molar-refractivity contribution < 1.29 is 0 Å². The van der Waals surface area contributed by atoms with Gasteiger partial charge in [0, 0.05) is 10.6 Å². The van der Waals surface area contributed by atoms with Crippen molar-refractivity contribution in [2.75, 3.05) is 18.2 Å². The minimum atomic E-state index is -1.08. The van der Waals surface area contributed by atoms with Crippen LogP contribution in [0, 0.1) is 0 Å². The van der Waals surface area contributed by atoms with Crippen LogP contribution >= 0.6 is 10.2 Å². The summed E-state index contributed by atoms with van der Waals surface area (Å²) < 4.78 is 0. The zero-order valence-corrected chi connectivity index (χ0v) is 7.69. The summed E-state index contributed by atoms with van der Waals surface area (Å²) in [6, 6.07) is 7.75. The summed E-state index contributed by atoms with van der Waals surface area (Å²) in [5, 5.41) is 5.95. The second kappa shape index (κ2) is 2.75. The van der Waals surface area contributed by atoms with Crippen molar-refractivity contribution in [3.8, 4) is 0 Å². The van der Waals surface area contributed by atoms with Crippen LogP contribution in [0.5, 0.6) is 0 Å². The Balaban J connectivity index is 2.99. The Morgan fingerprint density at radius 3 is 1.91 bits per heavy atom. The van der Waals surface area contributed by atoms with Crippen molar-refractivity contribution in [1.29, 1.82) is 0 Å². The maximum Gasteiger partial charge on any atom is 0.0314 e. The summed E-state index contributed by atoms with van der Waals surface area (Å²) in [7, 11) is -1.08. The van der Waals surface area contributed by atoms with E-state index in [2.05, 4.69) is 12.5 Å². The van der Waals surface area contributed by atoms with Crippen LogP contribution in [0.15, 0.2) is 29.2 Å². The van der Waals surface area contributed by atoms with Crippen LogP contribution in [0.3, 0.4) is 0 Å². The molecule has 2 nitrogen and oxygen atoms in total. The van der Waals surface area contributed by atoms with E-state index in [0.29, 0.717) is 0 Å². The second-order valence-corrected chi connectivity index (χ2v) is 6.26. The lowest BCUT2D eigenvalue weighted by atomic mass is 10.3. The molecule has 1 aromatic carbocycles. The summed E-state index contributed by atoms with van der Waals surface area (Å²) in [5.74, 6) is 0. The molecular formula is C8H14N2S. The van der Waals surface area contributed by atoms with Crippen LogP contribution in [0.25, 0.3) is 0 Å². The predicted octanol–water partition coefficient (Wildman–Crippen LogP) is 1.57. The minimum absolute atomic E-state index is 0.789. The fraction of sp³-hybridized carbons (Fsp3) is 0.250. The molecule has 3 heteroatoms. The van der Waals surface area contributed by atoms with Crippen LogP contribution in [0.4, 0.5) is 5.69 Å². The molecule has 0 bridgehead atoms. The Labute approximate surface area is 69.0 Å². The Morgan fingerprint density at radius 1 is 1.09 bits per heavy atom. The summed E-state index contributed by atoms with van der Waals surface area (Å²) in [6.07, 6.45) is 4.11. The molecular weight excluding hydrogens is 156 g/mol. The molecule has 0 atom stereocenters. The van der Waals surface area contributed by atoms with Gasteiger partial charge in [0.05, 0.1) is 0 Å². The molecule has 0 spiro atoms. The van der Waals surface area contributed by atoms with E-state index in [-0.39, 0.29) is 0 Å². The lowest BCUT2D eigenvalue weighted by Crippen LogP contribution is -2.06. The van der Waals surface area contributed by atoms with Gasteiger partial charge in [-0.3, -0.25) is 5.14 Å². The van der Waals surface area contributed by atoms with Crippen molar-refractivity contribution >= 4 is 15.9 Å². The third-order valence-corrected chi connectivity index (χ3v) is 2.97. The Hall–Kier alpha value is -0.670. The van der Waals surface area contributed by atoms with Gasteiger partial charge in [0.1, 0.15) is 0 Å². The Kier molecular flexibility index (Phi) is 2.11. The quantitative estimate of drug-likeness (QED) is 0.628. The smallest absolute Gasteiger partial charge is 0.0314 e. The average Bonchev–Trinajstić information content (AvgIpc) is 1.86. The van der Waals surface area contributed by atoms with E-state index < -0.39 is 10.2 Å². The van der Waals surface area contributed by atoms with Crippen molar-refractivity contribution in [3.05, 3.63) is 24.3 Å². The molecule has 0 aliphatic carbocycles. The second-order valence-electron chi connectivity index (χ2n) is 2.97. The largest absolute Gasteiger partial charge is 0.399 e. The highest BCUT2D eigenvalue weighted by molar-refractivity contribution is 8.30. The van der Waals surface area contributed by atoms with Gasteiger partial charge in [-0.05, 0) is 36.8 Å². The topological polar surface area (TPSA) is 52.0 Å². The first kappa shape index (κ1) is 8.43. The molecule has 0 aliphatic heterocycles. The van der Waals surface area contributed by atoms with Crippen molar-refractivity contribution in [3.63, 3.8) is 0 Å². The van der Waals surface area contributed by atoms with Crippen LogP contribution in [0.2, 0.25) is 0 Å². The number of hydrogen-bond acceptors (Lipinski definition) is 2.